The van der Waals surface area contributed by atoms with Crippen molar-refractivity contribution in [2.45, 2.75) is 0 Å². The molecular weight excluding hydrogens is 312 g/mol. The molecule has 4 heteroatoms. The summed E-state index contributed by atoms with van der Waals surface area (Å²) in [5, 5.41) is 0. The largest absolute Gasteiger partial charge is 0 e. The zero-order valence-electron chi connectivity index (χ0n) is 1.67. The summed E-state index contributed by atoms with van der Waals surface area (Å²) >= 11 is 0. The molecule has 0 rings (SSSR count). The Morgan fingerprint density at radius 1 is 0.500 bits per heavy atom. The number of hydrogen-bond acceptors (Lipinski definition) is 0. The summed E-state index contributed by atoms with van der Waals surface area (Å²) in [6.07, 6.45) is 0. The van der Waals surface area contributed by atoms with Gasteiger partial charge in [-0.25, -0.2) is 0 Å². The maximum absolute atomic E-state index is 0. The molecule has 0 N–H and O–H groups in total. The minimum atomic E-state index is 0. The summed E-state index contributed by atoms with van der Waals surface area (Å²) in [7, 11) is 0. The molecule has 0 spiro atoms. The third-order valence-corrected chi connectivity index (χ3v) is 0. The summed E-state index contributed by atoms with van der Waals surface area (Å²) in [5.41, 5.74) is 0. The molecule has 0 aromatic carbocycles. The summed E-state index contributed by atoms with van der Waals surface area (Å²) in [5.74, 6) is 0. The van der Waals surface area contributed by atoms with Crippen molar-refractivity contribution in [2.24, 2.45) is 0 Å². The molecule has 0 fully saturated rings. The first-order valence-electron chi connectivity index (χ1n) is 0. The van der Waals surface area contributed by atoms with Crippen LogP contribution in [0.2, 0.25) is 0 Å². The van der Waals surface area contributed by atoms with E-state index in [0.29, 0.717) is 0 Å². The Kier molecular flexibility index (Phi) is 173. The van der Waals surface area contributed by atoms with Gasteiger partial charge in [-0.15, -0.1) is 0 Å². The van der Waals surface area contributed by atoms with Gasteiger partial charge in [-0.3, -0.25) is 0 Å². The Hall–Kier alpha value is 2.12. The topological polar surface area (TPSA) is 0 Å². The van der Waals surface area contributed by atoms with Crippen molar-refractivity contribution in [3.8, 4) is 0 Å². The van der Waals surface area contributed by atoms with Crippen LogP contribution in [0.4, 0.5) is 0 Å². The van der Waals surface area contributed by atoms with Crippen LogP contribution in [0.15, 0.2) is 0 Å². The van der Waals surface area contributed by atoms with Crippen molar-refractivity contribution in [3.63, 3.8) is 0 Å². The monoisotopic (exact) mass is 315 g/mol. The molecule has 0 bridgehead atoms. The minimum Gasteiger partial charge on any atom is 0 e. The van der Waals surface area contributed by atoms with E-state index in [1.54, 1.807) is 0 Å². The molecule has 0 heterocycles. The summed E-state index contributed by atoms with van der Waals surface area (Å²) in [6.45, 7) is 0. The average Bonchev–Trinajstić information content (AvgIpc) is 0. The van der Waals surface area contributed by atoms with Crippen LogP contribution in [-0.2, 0) is 0 Å². The molecule has 0 aliphatic heterocycles. The molecule has 23 valence electrons. The van der Waals surface area contributed by atoms with Gasteiger partial charge in [0.05, 0.1) is 0 Å². The Bertz CT molecular complexity index is 3.25. The fourth-order valence-corrected chi connectivity index (χ4v) is 0. The molecule has 0 saturated carbocycles. The zero-order valence-corrected chi connectivity index (χ0v) is 8.69. The second-order valence-corrected chi connectivity index (χ2v) is 0. The Labute approximate surface area is 68.6 Å². The van der Waals surface area contributed by atoms with Crippen LogP contribution >= 0.6 is 0 Å². The third-order valence-electron chi connectivity index (χ3n) is 0. The average molecular weight is 312 g/mol. The molecule has 0 atom stereocenters. The molecular formula is AsSe3. The molecule has 9 radical (unpaired) electrons. The predicted octanol–water partition coefficient (Wildman–Crippen LogP) is -1.52. The van der Waals surface area contributed by atoms with E-state index in [2.05, 4.69) is 0 Å². The van der Waals surface area contributed by atoms with Crippen molar-refractivity contribution < 1.29 is 0 Å². The van der Waals surface area contributed by atoms with E-state index >= 15 is 0 Å². The Balaban J connectivity index is 0. The van der Waals surface area contributed by atoms with Crippen LogP contribution < -0.4 is 0 Å². The molecule has 0 unspecified atom stereocenters. The van der Waals surface area contributed by atoms with E-state index in [1.807, 2.05) is 0 Å². The van der Waals surface area contributed by atoms with Gasteiger partial charge < -0.3 is 0 Å². The van der Waals surface area contributed by atoms with Crippen LogP contribution in [0.5, 0.6) is 0 Å². The van der Waals surface area contributed by atoms with Crippen LogP contribution in [-0.4, -0.2) is 69.2 Å². The second-order valence-electron chi connectivity index (χ2n) is 0. The SMILES string of the molecule is [As].[Se].[Se].[Se]. The van der Waals surface area contributed by atoms with Crippen molar-refractivity contribution in [1.82, 2.24) is 0 Å². The van der Waals surface area contributed by atoms with Gasteiger partial charge in [0.1, 0.15) is 0 Å². The van der Waals surface area contributed by atoms with E-state index in [0.717, 1.165) is 0 Å². The van der Waals surface area contributed by atoms with E-state index in [9.17, 15) is 0 Å². The standard InChI is InChI=1S/As.3Se. The quantitative estimate of drug-likeness (QED) is 0.477. The molecule has 0 amide bonds. The minimum absolute atomic E-state index is 0. The first-order valence-corrected chi connectivity index (χ1v) is 0. The van der Waals surface area contributed by atoms with E-state index in [-0.39, 0.29) is 69.2 Å². The van der Waals surface area contributed by atoms with E-state index < -0.39 is 0 Å². The van der Waals surface area contributed by atoms with Crippen molar-refractivity contribution >= 4 is 69.2 Å². The first kappa shape index (κ1) is 35.7. The second kappa shape index (κ2) is 19.4. The first-order chi connectivity index (χ1) is 0. The van der Waals surface area contributed by atoms with E-state index in [1.165, 1.54) is 0 Å². The normalized spacial score (nSPS) is 0. The van der Waals surface area contributed by atoms with Crippen LogP contribution in [0.1, 0.15) is 0 Å². The van der Waals surface area contributed by atoms with Crippen molar-refractivity contribution in [1.29, 1.82) is 0 Å². The van der Waals surface area contributed by atoms with Crippen LogP contribution in [0.3, 0.4) is 0 Å². The van der Waals surface area contributed by atoms with Gasteiger partial charge in [0.2, 0.25) is 0 Å². The maximum Gasteiger partial charge on any atom is 0 e. The molecule has 0 aliphatic rings. The number of rotatable bonds is 0. The zero-order chi connectivity index (χ0) is 0. The Morgan fingerprint density at radius 2 is 0.500 bits per heavy atom. The fourth-order valence-electron chi connectivity index (χ4n) is 0. The summed E-state index contributed by atoms with van der Waals surface area (Å²) in [6, 6.07) is 0. The molecule has 0 aromatic heterocycles. The maximum atomic E-state index is 0. The third kappa shape index (κ3) is 8.93. The molecule has 0 nitrogen and oxygen atoms in total. The summed E-state index contributed by atoms with van der Waals surface area (Å²) < 4.78 is 0. The van der Waals surface area contributed by atoms with Gasteiger partial charge in [0, 0.05) is 69.2 Å². The van der Waals surface area contributed by atoms with Crippen LogP contribution in [0.25, 0.3) is 0 Å². The van der Waals surface area contributed by atoms with Crippen molar-refractivity contribution in [3.05, 3.63) is 0 Å². The van der Waals surface area contributed by atoms with Crippen molar-refractivity contribution in [2.75, 3.05) is 0 Å². The molecule has 0 aliphatic carbocycles. The summed E-state index contributed by atoms with van der Waals surface area (Å²) in [4.78, 5) is 0. The Morgan fingerprint density at radius 3 is 0.500 bits per heavy atom. The predicted molar refractivity (Wildman–Crippen MR) is 23.0 cm³/mol. The van der Waals surface area contributed by atoms with Gasteiger partial charge in [-0.05, 0) is 0 Å². The van der Waals surface area contributed by atoms with Crippen LogP contribution in [0, 0.1) is 0 Å². The van der Waals surface area contributed by atoms with Gasteiger partial charge in [0.15, 0.2) is 0 Å². The van der Waals surface area contributed by atoms with Gasteiger partial charge in [0.25, 0.3) is 0 Å². The van der Waals surface area contributed by atoms with Gasteiger partial charge in [-0.2, -0.15) is 0 Å². The smallest absolute Gasteiger partial charge is 0 e. The number of hydrogen-bond donors (Lipinski definition) is 0. The molecule has 0 aromatic rings. The van der Waals surface area contributed by atoms with Gasteiger partial charge in [-0.1, -0.05) is 0 Å². The molecule has 4 heavy (non-hydrogen) atoms. The van der Waals surface area contributed by atoms with E-state index in [4.69, 9.17) is 0 Å². The fraction of sp³-hybridized carbons (Fsp3) is 0. The molecule has 0 saturated heterocycles. The van der Waals surface area contributed by atoms with Gasteiger partial charge >= 0.3 is 0 Å².